The fraction of sp³-hybridized carbons (Fsp3) is 0.600. The monoisotopic (exact) mass is 346 g/mol. The number of benzene rings is 1. The maximum Gasteiger partial charge on any atom is 0.225 e. The summed E-state index contributed by atoms with van der Waals surface area (Å²) in [6.45, 7) is 2.22. The van der Waals surface area contributed by atoms with Crippen molar-refractivity contribution in [3.8, 4) is 0 Å². The van der Waals surface area contributed by atoms with Crippen molar-refractivity contribution in [2.75, 3.05) is 13.1 Å². The molecule has 1 aliphatic carbocycles. The van der Waals surface area contributed by atoms with E-state index in [-0.39, 0.29) is 23.6 Å². The number of halogens is 1. The number of rotatable bonds is 4. The highest BCUT2D eigenvalue weighted by Gasteiger charge is 2.32. The van der Waals surface area contributed by atoms with Crippen LogP contribution in [-0.2, 0) is 16.1 Å². The van der Waals surface area contributed by atoms with Gasteiger partial charge in [0.1, 0.15) is 5.82 Å². The summed E-state index contributed by atoms with van der Waals surface area (Å²) in [5, 5.41) is 2.94. The standard InChI is InChI=1S/C20H27FN2O2/c21-18-10-4-15(5-11-18)14-22-19(24)16-6-8-17(9-7-16)20(25)23-12-2-1-3-13-23/h4-5,10-11,16-17H,1-3,6-9,12-14H2,(H,22,24). The van der Waals surface area contributed by atoms with E-state index in [1.165, 1.54) is 18.6 Å². The van der Waals surface area contributed by atoms with Gasteiger partial charge >= 0.3 is 0 Å². The van der Waals surface area contributed by atoms with E-state index in [9.17, 15) is 14.0 Å². The largest absolute Gasteiger partial charge is 0.352 e. The molecule has 4 nitrogen and oxygen atoms in total. The molecule has 136 valence electrons. The summed E-state index contributed by atoms with van der Waals surface area (Å²) in [6.07, 6.45) is 6.64. The van der Waals surface area contributed by atoms with Gasteiger partial charge in [-0.05, 0) is 62.6 Å². The molecule has 1 heterocycles. The Kier molecular flexibility index (Phi) is 6.05. The zero-order chi connectivity index (χ0) is 17.6. The molecular formula is C20H27FN2O2. The van der Waals surface area contributed by atoms with Crippen LogP contribution in [0.4, 0.5) is 4.39 Å². The van der Waals surface area contributed by atoms with Gasteiger partial charge in [0.05, 0.1) is 0 Å². The van der Waals surface area contributed by atoms with Gasteiger partial charge in [0, 0.05) is 31.5 Å². The van der Waals surface area contributed by atoms with Crippen LogP contribution in [0.3, 0.4) is 0 Å². The Hall–Kier alpha value is -1.91. The van der Waals surface area contributed by atoms with Crippen LogP contribution in [0.1, 0.15) is 50.5 Å². The summed E-state index contributed by atoms with van der Waals surface area (Å²) >= 11 is 0. The van der Waals surface area contributed by atoms with Crippen LogP contribution < -0.4 is 5.32 Å². The summed E-state index contributed by atoms with van der Waals surface area (Å²) in [6, 6.07) is 6.17. The first kappa shape index (κ1) is 17.9. The highest BCUT2D eigenvalue weighted by molar-refractivity contribution is 5.81. The molecule has 2 amide bonds. The van der Waals surface area contributed by atoms with E-state index in [4.69, 9.17) is 0 Å². The molecule has 5 heteroatoms. The Bertz CT molecular complexity index is 588. The Morgan fingerprint density at radius 3 is 2.20 bits per heavy atom. The topological polar surface area (TPSA) is 49.4 Å². The van der Waals surface area contributed by atoms with Crippen LogP contribution in [0.5, 0.6) is 0 Å². The number of amides is 2. The van der Waals surface area contributed by atoms with Crippen molar-refractivity contribution in [1.82, 2.24) is 10.2 Å². The fourth-order valence-corrected chi connectivity index (χ4v) is 3.91. The lowest BCUT2D eigenvalue weighted by Crippen LogP contribution is -2.42. The predicted octanol–water partition coefficient (Wildman–Crippen LogP) is 3.26. The zero-order valence-corrected chi connectivity index (χ0v) is 14.7. The molecule has 0 spiro atoms. The lowest BCUT2D eigenvalue weighted by atomic mass is 9.80. The molecule has 0 unspecified atom stereocenters. The van der Waals surface area contributed by atoms with Crippen molar-refractivity contribution in [2.24, 2.45) is 11.8 Å². The lowest BCUT2D eigenvalue weighted by Gasteiger charge is -2.33. The van der Waals surface area contributed by atoms with Gasteiger partial charge in [-0.25, -0.2) is 4.39 Å². The van der Waals surface area contributed by atoms with Crippen LogP contribution >= 0.6 is 0 Å². The van der Waals surface area contributed by atoms with Crippen LogP contribution in [0.2, 0.25) is 0 Å². The highest BCUT2D eigenvalue weighted by atomic mass is 19.1. The molecule has 0 aromatic heterocycles. The average molecular weight is 346 g/mol. The second-order valence-corrected chi connectivity index (χ2v) is 7.28. The minimum atomic E-state index is -0.272. The third-order valence-electron chi connectivity index (χ3n) is 5.49. The van der Waals surface area contributed by atoms with E-state index in [1.807, 2.05) is 4.90 Å². The molecule has 2 aliphatic rings. The molecule has 1 saturated heterocycles. The van der Waals surface area contributed by atoms with Crippen LogP contribution in [0, 0.1) is 17.7 Å². The molecule has 1 aromatic rings. The van der Waals surface area contributed by atoms with Crippen molar-refractivity contribution in [3.05, 3.63) is 35.6 Å². The Balaban J connectivity index is 1.42. The van der Waals surface area contributed by atoms with E-state index >= 15 is 0 Å². The second-order valence-electron chi connectivity index (χ2n) is 7.28. The van der Waals surface area contributed by atoms with E-state index in [0.29, 0.717) is 12.5 Å². The first-order chi connectivity index (χ1) is 12.1. The second kappa shape index (κ2) is 8.45. The Morgan fingerprint density at radius 2 is 1.56 bits per heavy atom. The molecule has 0 bridgehead atoms. The van der Waals surface area contributed by atoms with Crippen molar-refractivity contribution in [2.45, 2.75) is 51.5 Å². The summed E-state index contributed by atoms with van der Waals surface area (Å²) < 4.78 is 12.9. The number of nitrogens with zero attached hydrogens (tertiary/aromatic N) is 1. The first-order valence-electron chi connectivity index (χ1n) is 9.44. The van der Waals surface area contributed by atoms with E-state index in [2.05, 4.69) is 5.32 Å². The summed E-state index contributed by atoms with van der Waals surface area (Å²) in [5.74, 6) is 0.162. The normalized spacial score (nSPS) is 24.0. The minimum absolute atomic E-state index is 0.00847. The van der Waals surface area contributed by atoms with E-state index in [1.54, 1.807) is 12.1 Å². The van der Waals surface area contributed by atoms with Gasteiger partial charge in [-0.2, -0.15) is 0 Å². The molecule has 1 saturated carbocycles. The third kappa shape index (κ3) is 4.80. The highest BCUT2D eigenvalue weighted by Crippen LogP contribution is 2.31. The smallest absolute Gasteiger partial charge is 0.225 e. The van der Waals surface area contributed by atoms with E-state index < -0.39 is 0 Å². The molecule has 1 aromatic carbocycles. The quantitative estimate of drug-likeness (QED) is 0.910. The van der Waals surface area contributed by atoms with E-state index in [0.717, 1.165) is 57.2 Å². The van der Waals surface area contributed by atoms with Gasteiger partial charge in [-0.1, -0.05) is 12.1 Å². The molecule has 1 aliphatic heterocycles. The Morgan fingerprint density at radius 1 is 0.960 bits per heavy atom. The van der Waals surface area contributed by atoms with Gasteiger partial charge in [0.25, 0.3) is 0 Å². The van der Waals surface area contributed by atoms with Crippen LogP contribution in [0.25, 0.3) is 0 Å². The maximum atomic E-state index is 12.9. The molecular weight excluding hydrogens is 319 g/mol. The van der Waals surface area contributed by atoms with Gasteiger partial charge in [-0.15, -0.1) is 0 Å². The molecule has 1 N–H and O–H groups in total. The Labute approximate surface area is 148 Å². The van der Waals surface area contributed by atoms with Crippen molar-refractivity contribution >= 4 is 11.8 Å². The zero-order valence-electron chi connectivity index (χ0n) is 14.7. The first-order valence-corrected chi connectivity index (χ1v) is 9.44. The van der Waals surface area contributed by atoms with Gasteiger partial charge in [-0.3, -0.25) is 9.59 Å². The van der Waals surface area contributed by atoms with Crippen molar-refractivity contribution in [3.63, 3.8) is 0 Å². The van der Waals surface area contributed by atoms with Gasteiger partial charge in [0.2, 0.25) is 11.8 Å². The number of hydrogen-bond donors (Lipinski definition) is 1. The van der Waals surface area contributed by atoms with Crippen LogP contribution in [0.15, 0.2) is 24.3 Å². The molecule has 0 radical (unpaired) electrons. The molecule has 3 rings (SSSR count). The lowest BCUT2D eigenvalue weighted by molar-refractivity contribution is -0.139. The number of piperidine rings is 1. The SMILES string of the molecule is O=C(NCc1ccc(F)cc1)C1CCC(C(=O)N2CCCCC2)CC1. The number of likely N-dealkylation sites (tertiary alicyclic amines) is 1. The number of carbonyl (C=O) groups is 2. The van der Waals surface area contributed by atoms with Crippen molar-refractivity contribution < 1.29 is 14.0 Å². The van der Waals surface area contributed by atoms with Gasteiger partial charge < -0.3 is 10.2 Å². The molecule has 2 fully saturated rings. The third-order valence-corrected chi connectivity index (χ3v) is 5.49. The number of nitrogens with one attached hydrogen (secondary N) is 1. The molecule has 0 atom stereocenters. The molecule has 25 heavy (non-hydrogen) atoms. The number of hydrogen-bond acceptors (Lipinski definition) is 2. The summed E-state index contributed by atoms with van der Waals surface area (Å²) in [7, 11) is 0. The fourth-order valence-electron chi connectivity index (χ4n) is 3.91. The van der Waals surface area contributed by atoms with Gasteiger partial charge in [0.15, 0.2) is 0 Å². The minimum Gasteiger partial charge on any atom is -0.352 e. The number of carbonyl (C=O) groups excluding carboxylic acids is 2. The predicted molar refractivity (Wildman–Crippen MR) is 94.1 cm³/mol. The van der Waals surface area contributed by atoms with Crippen LogP contribution in [-0.4, -0.2) is 29.8 Å². The van der Waals surface area contributed by atoms with Crippen molar-refractivity contribution in [1.29, 1.82) is 0 Å². The maximum absolute atomic E-state index is 12.9. The summed E-state index contributed by atoms with van der Waals surface area (Å²) in [5.41, 5.74) is 0.892. The average Bonchev–Trinajstić information content (AvgIpc) is 2.67. The summed E-state index contributed by atoms with van der Waals surface area (Å²) in [4.78, 5) is 26.9.